The zero-order chi connectivity index (χ0) is 13.8. The number of nitro groups is 1. The van der Waals surface area contributed by atoms with Crippen LogP contribution in [0.1, 0.15) is 5.56 Å². The Morgan fingerprint density at radius 2 is 2.00 bits per heavy atom. The first kappa shape index (κ1) is 13.8. The molecule has 4 nitrogen and oxygen atoms in total. The summed E-state index contributed by atoms with van der Waals surface area (Å²) >= 11 is 9.25. The van der Waals surface area contributed by atoms with E-state index in [4.69, 9.17) is 11.6 Å². The largest absolute Gasteiger partial charge is 0.375 e. The van der Waals surface area contributed by atoms with E-state index in [1.54, 1.807) is 24.3 Å². The standard InChI is InChI=1S/C13H10BrClN2O2/c14-10-7-9(5-6-11(10)15)8-16-12-3-1-2-4-13(12)17(18)19/h1-7,16H,8H2. The number of benzene rings is 2. The van der Waals surface area contributed by atoms with E-state index in [1.807, 2.05) is 12.1 Å². The highest BCUT2D eigenvalue weighted by atomic mass is 79.9. The molecule has 2 aromatic carbocycles. The van der Waals surface area contributed by atoms with Gasteiger partial charge in [0.15, 0.2) is 0 Å². The van der Waals surface area contributed by atoms with Crippen LogP contribution >= 0.6 is 27.5 Å². The van der Waals surface area contributed by atoms with Crippen LogP contribution in [0.4, 0.5) is 11.4 Å². The molecule has 0 spiro atoms. The van der Waals surface area contributed by atoms with E-state index in [1.165, 1.54) is 6.07 Å². The molecule has 0 fully saturated rings. The average molecular weight is 342 g/mol. The summed E-state index contributed by atoms with van der Waals surface area (Å²) < 4.78 is 0.802. The van der Waals surface area contributed by atoms with E-state index in [2.05, 4.69) is 21.2 Å². The fourth-order valence-electron chi connectivity index (χ4n) is 1.63. The van der Waals surface area contributed by atoms with Crippen LogP contribution in [-0.4, -0.2) is 4.92 Å². The van der Waals surface area contributed by atoms with E-state index in [9.17, 15) is 10.1 Å². The van der Waals surface area contributed by atoms with E-state index in [-0.39, 0.29) is 5.69 Å². The molecular formula is C13H10BrClN2O2. The lowest BCUT2D eigenvalue weighted by atomic mass is 10.2. The summed E-state index contributed by atoms with van der Waals surface area (Å²) in [5.74, 6) is 0. The summed E-state index contributed by atoms with van der Waals surface area (Å²) in [5.41, 5.74) is 1.54. The third-order valence-corrected chi connectivity index (χ3v) is 3.78. The Hall–Kier alpha value is -1.59. The number of para-hydroxylation sites is 2. The SMILES string of the molecule is O=[N+]([O-])c1ccccc1NCc1ccc(Cl)c(Br)c1. The van der Waals surface area contributed by atoms with Crippen molar-refractivity contribution in [3.63, 3.8) is 0 Å². The van der Waals surface area contributed by atoms with Crippen LogP contribution < -0.4 is 5.32 Å². The van der Waals surface area contributed by atoms with Gasteiger partial charge in [-0.25, -0.2) is 0 Å². The Morgan fingerprint density at radius 3 is 2.68 bits per heavy atom. The van der Waals surface area contributed by atoms with Gasteiger partial charge in [0.2, 0.25) is 0 Å². The van der Waals surface area contributed by atoms with Crippen LogP contribution in [0, 0.1) is 10.1 Å². The average Bonchev–Trinajstić information content (AvgIpc) is 2.40. The van der Waals surface area contributed by atoms with Crippen LogP contribution in [0.3, 0.4) is 0 Å². The third-order valence-electron chi connectivity index (χ3n) is 2.57. The minimum Gasteiger partial charge on any atom is -0.375 e. The van der Waals surface area contributed by atoms with Crippen molar-refractivity contribution in [2.45, 2.75) is 6.54 Å². The number of nitro benzene ring substituents is 1. The third kappa shape index (κ3) is 3.45. The summed E-state index contributed by atoms with van der Waals surface area (Å²) in [6.07, 6.45) is 0. The number of nitrogens with one attached hydrogen (secondary N) is 1. The maximum absolute atomic E-state index is 10.9. The molecule has 6 heteroatoms. The van der Waals surface area contributed by atoms with Gasteiger partial charge in [0.25, 0.3) is 5.69 Å². The molecule has 0 aliphatic heterocycles. The molecule has 0 unspecified atom stereocenters. The first-order valence-electron chi connectivity index (χ1n) is 5.49. The Kier molecular flexibility index (Phi) is 4.39. The molecular weight excluding hydrogens is 332 g/mol. The van der Waals surface area contributed by atoms with Crippen molar-refractivity contribution in [1.82, 2.24) is 0 Å². The molecule has 0 heterocycles. The minimum atomic E-state index is -0.403. The maximum atomic E-state index is 10.9. The minimum absolute atomic E-state index is 0.0653. The van der Waals surface area contributed by atoms with Gasteiger partial charge in [-0.1, -0.05) is 29.8 Å². The molecule has 0 saturated heterocycles. The molecule has 0 saturated carbocycles. The van der Waals surface area contributed by atoms with Gasteiger partial charge in [-0.2, -0.15) is 0 Å². The number of rotatable bonds is 4. The highest BCUT2D eigenvalue weighted by Crippen LogP contribution is 2.26. The van der Waals surface area contributed by atoms with E-state index < -0.39 is 4.92 Å². The van der Waals surface area contributed by atoms with Gasteiger partial charge in [-0.3, -0.25) is 10.1 Å². The molecule has 0 bridgehead atoms. The quantitative estimate of drug-likeness (QED) is 0.652. The summed E-state index contributed by atoms with van der Waals surface area (Å²) in [6.45, 7) is 0.487. The number of nitrogens with zero attached hydrogens (tertiary/aromatic N) is 1. The second-order valence-electron chi connectivity index (χ2n) is 3.88. The molecule has 0 aliphatic rings. The molecule has 2 rings (SSSR count). The van der Waals surface area contributed by atoms with Crippen LogP contribution in [0.15, 0.2) is 46.9 Å². The lowest BCUT2D eigenvalue weighted by molar-refractivity contribution is -0.384. The first-order chi connectivity index (χ1) is 9.08. The molecule has 0 aromatic heterocycles. The first-order valence-corrected chi connectivity index (χ1v) is 6.66. The monoisotopic (exact) mass is 340 g/mol. The van der Waals surface area contributed by atoms with Gasteiger partial charge in [-0.05, 0) is 39.7 Å². The predicted molar refractivity (Wildman–Crippen MR) is 79.6 cm³/mol. The van der Waals surface area contributed by atoms with Crippen LogP contribution in [0.5, 0.6) is 0 Å². The molecule has 98 valence electrons. The lowest BCUT2D eigenvalue weighted by Gasteiger charge is -2.08. The highest BCUT2D eigenvalue weighted by molar-refractivity contribution is 9.10. The molecule has 1 N–H and O–H groups in total. The second kappa shape index (κ2) is 6.04. The van der Waals surface area contributed by atoms with Crippen LogP contribution in [-0.2, 0) is 6.54 Å². The molecule has 0 amide bonds. The Balaban J connectivity index is 2.14. The summed E-state index contributed by atoms with van der Waals surface area (Å²) in [6, 6.07) is 12.1. The van der Waals surface area contributed by atoms with Crippen molar-refractivity contribution in [3.8, 4) is 0 Å². The molecule has 0 atom stereocenters. The van der Waals surface area contributed by atoms with E-state index >= 15 is 0 Å². The Morgan fingerprint density at radius 1 is 1.26 bits per heavy atom. The summed E-state index contributed by atoms with van der Waals surface area (Å²) in [7, 11) is 0. The molecule has 2 aromatic rings. The fraction of sp³-hybridized carbons (Fsp3) is 0.0769. The van der Waals surface area contributed by atoms with Gasteiger partial charge in [0.1, 0.15) is 5.69 Å². The van der Waals surface area contributed by atoms with Gasteiger partial charge >= 0.3 is 0 Å². The van der Waals surface area contributed by atoms with E-state index in [0.29, 0.717) is 17.3 Å². The highest BCUT2D eigenvalue weighted by Gasteiger charge is 2.11. The van der Waals surface area contributed by atoms with Gasteiger partial charge in [0, 0.05) is 17.1 Å². The smallest absolute Gasteiger partial charge is 0.292 e. The van der Waals surface area contributed by atoms with Crippen molar-refractivity contribution in [2.24, 2.45) is 0 Å². The Labute approximate surface area is 123 Å². The van der Waals surface area contributed by atoms with Gasteiger partial charge in [0.05, 0.1) is 9.95 Å². The van der Waals surface area contributed by atoms with Gasteiger partial charge in [-0.15, -0.1) is 0 Å². The number of hydrogen-bond acceptors (Lipinski definition) is 3. The number of hydrogen-bond donors (Lipinski definition) is 1. The zero-order valence-electron chi connectivity index (χ0n) is 9.77. The normalized spacial score (nSPS) is 10.2. The molecule has 0 radical (unpaired) electrons. The fourth-order valence-corrected chi connectivity index (χ4v) is 2.17. The topological polar surface area (TPSA) is 55.2 Å². The second-order valence-corrected chi connectivity index (χ2v) is 5.14. The van der Waals surface area contributed by atoms with Gasteiger partial charge < -0.3 is 5.32 Å². The van der Waals surface area contributed by atoms with Crippen LogP contribution in [0.2, 0.25) is 5.02 Å². The Bertz CT molecular complexity index is 619. The zero-order valence-corrected chi connectivity index (χ0v) is 12.1. The van der Waals surface area contributed by atoms with Crippen molar-refractivity contribution in [1.29, 1.82) is 0 Å². The van der Waals surface area contributed by atoms with Crippen molar-refractivity contribution in [2.75, 3.05) is 5.32 Å². The maximum Gasteiger partial charge on any atom is 0.292 e. The lowest BCUT2D eigenvalue weighted by Crippen LogP contribution is -2.02. The predicted octanol–water partition coefficient (Wildman–Crippen LogP) is 4.62. The number of anilines is 1. The molecule has 19 heavy (non-hydrogen) atoms. The van der Waals surface area contributed by atoms with Crippen molar-refractivity contribution in [3.05, 3.63) is 67.6 Å². The number of halogens is 2. The van der Waals surface area contributed by atoms with Crippen molar-refractivity contribution < 1.29 is 4.92 Å². The van der Waals surface area contributed by atoms with E-state index in [0.717, 1.165) is 10.0 Å². The summed E-state index contributed by atoms with van der Waals surface area (Å²) in [4.78, 5) is 10.5. The van der Waals surface area contributed by atoms with Crippen molar-refractivity contribution >= 4 is 38.9 Å². The summed E-state index contributed by atoms with van der Waals surface area (Å²) in [5, 5.41) is 14.6. The molecule has 0 aliphatic carbocycles. The van der Waals surface area contributed by atoms with Crippen LogP contribution in [0.25, 0.3) is 0 Å².